The van der Waals surface area contributed by atoms with E-state index in [1.807, 2.05) is 23.2 Å². The lowest BCUT2D eigenvalue weighted by Crippen LogP contribution is -2.49. The minimum atomic E-state index is 0.0847. The largest absolute Gasteiger partial charge is 0.358 e. The summed E-state index contributed by atoms with van der Waals surface area (Å²) in [6, 6.07) is 14.6. The SMILES string of the molecule is CC(=O)N1CCN(C(c2ccccn2)c2c(C)[nH]c3ccccc23)CC1. The van der Waals surface area contributed by atoms with Crippen LogP contribution >= 0.6 is 0 Å². The Hall–Kier alpha value is -2.66. The number of nitrogens with zero attached hydrogens (tertiary/aromatic N) is 3. The first kappa shape index (κ1) is 16.8. The summed E-state index contributed by atoms with van der Waals surface area (Å²) in [4.78, 5) is 24.3. The quantitative estimate of drug-likeness (QED) is 0.791. The summed E-state index contributed by atoms with van der Waals surface area (Å²) in [5.41, 5.74) is 4.67. The third-order valence-electron chi connectivity index (χ3n) is 5.31. The number of hydrogen-bond donors (Lipinski definition) is 1. The van der Waals surface area contributed by atoms with Crippen LogP contribution in [0.1, 0.15) is 29.9 Å². The van der Waals surface area contributed by atoms with E-state index in [-0.39, 0.29) is 11.9 Å². The van der Waals surface area contributed by atoms with Gasteiger partial charge in [0, 0.05) is 61.5 Å². The van der Waals surface area contributed by atoms with Crippen LogP contribution in [0.3, 0.4) is 0 Å². The van der Waals surface area contributed by atoms with Crippen molar-refractivity contribution < 1.29 is 4.79 Å². The zero-order valence-corrected chi connectivity index (χ0v) is 15.3. The van der Waals surface area contributed by atoms with E-state index >= 15 is 0 Å². The molecule has 0 spiro atoms. The molecule has 1 saturated heterocycles. The summed E-state index contributed by atoms with van der Waals surface area (Å²) in [5, 5.41) is 1.25. The van der Waals surface area contributed by atoms with Gasteiger partial charge in [-0.3, -0.25) is 14.7 Å². The van der Waals surface area contributed by atoms with E-state index in [2.05, 4.69) is 52.1 Å². The van der Waals surface area contributed by atoms with Crippen LogP contribution in [0.4, 0.5) is 0 Å². The number of aryl methyl sites for hydroxylation is 1. The van der Waals surface area contributed by atoms with E-state index in [1.54, 1.807) is 6.92 Å². The first-order chi connectivity index (χ1) is 12.6. The van der Waals surface area contributed by atoms with Crippen molar-refractivity contribution in [2.75, 3.05) is 26.2 Å². The van der Waals surface area contributed by atoms with Gasteiger partial charge in [-0.15, -0.1) is 0 Å². The minimum absolute atomic E-state index is 0.0847. The molecule has 1 aliphatic heterocycles. The van der Waals surface area contributed by atoms with Crippen LogP contribution in [0.5, 0.6) is 0 Å². The summed E-state index contributed by atoms with van der Waals surface area (Å²) in [7, 11) is 0. The number of rotatable bonds is 3. The zero-order chi connectivity index (χ0) is 18.1. The average molecular weight is 348 g/mol. The number of amides is 1. The molecule has 1 fully saturated rings. The Morgan fingerprint density at radius 2 is 1.81 bits per heavy atom. The van der Waals surface area contributed by atoms with E-state index in [0.717, 1.165) is 37.4 Å². The number of hydrogen-bond acceptors (Lipinski definition) is 3. The number of fused-ring (bicyclic) bond motifs is 1. The highest BCUT2D eigenvalue weighted by Gasteiger charge is 2.30. The standard InChI is InChI=1S/C21H24N4O/c1-15-20(17-7-3-4-8-18(17)23-15)21(19-9-5-6-10-22-19)25-13-11-24(12-14-25)16(2)26/h3-10,21,23H,11-14H2,1-2H3. The first-order valence-corrected chi connectivity index (χ1v) is 9.13. The molecule has 1 unspecified atom stereocenters. The fourth-order valence-electron chi connectivity index (χ4n) is 4.00. The topological polar surface area (TPSA) is 52.2 Å². The number of aromatic amines is 1. The molecule has 1 N–H and O–H groups in total. The monoisotopic (exact) mass is 348 g/mol. The molecule has 0 radical (unpaired) electrons. The van der Waals surface area contributed by atoms with Crippen molar-refractivity contribution in [2.45, 2.75) is 19.9 Å². The van der Waals surface area contributed by atoms with Crippen LogP contribution in [0.15, 0.2) is 48.7 Å². The van der Waals surface area contributed by atoms with Crippen molar-refractivity contribution in [1.29, 1.82) is 0 Å². The molecule has 5 heteroatoms. The fraction of sp³-hybridized carbons (Fsp3) is 0.333. The highest BCUT2D eigenvalue weighted by Crippen LogP contribution is 2.35. The van der Waals surface area contributed by atoms with E-state index in [1.165, 1.54) is 16.6 Å². The Balaban J connectivity index is 1.77. The summed E-state index contributed by atoms with van der Waals surface area (Å²) in [6.07, 6.45) is 1.86. The Morgan fingerprint density at radius 3 is 2.50 bits per heavy atom. The smallest absolute Gasteiger partial charge is 0.219 e. The maximum atomic E-state index is 11.7. The molecular weight excluding hydrogens is 324 g/mol. The second-order valence-electron chi connectivity index (χ2n) is 6.91. The van der Waals surface area contributed by atoms with Crippen molar-refractivity contribution in [2.24, 2.45) is 0 Å². The predicted molar refractivity (Wildman–Crippen MR) is 103 cm³/mol. The Labute approximate surface area is 153 Å². The second-order valence-corrected chi connectivity index (χ2v) is 6.91. The van der Waals surface area contributed by atoms with Gasteiger partial charge in [0.05, 0.1) is 11.7 Å². The first-order valence-electron chi connectivity index (χ1n) is 9.13. The number of carbonyl (C=O) groups is 1. The summed E-state index contributed by atoms with van der Waals surface area (Å²) in [5.74, 6) is 0.155. The normalized spacial score (nSPS) is 16.8. The summed E-state index contributed by atoms with van der Waals surface area (Å²) in [6.45, 7) is 7.01. The van der Waals surface area contributed by atoms with Crippen molar-refractivity contribution >= 4 is 16.8 Å². The van der Waals surface area contributed by atoms with Crippen LogP contribution < -0.4 is 0 Å². The molecule has 1 aliphatic rings. The van der Waals surface area contributed by atoms with Gasteiger partial charge in [0.1, 0.15) is 0 Å². The average Bonchev–Trinajstić information content (AvgIpc) is 2.99. The molecule has 1 amide bonds. The van der Waals surface area contributed by atoms with Crippen LogP contribution in [0.25, 0.3) is 10.9 Å². The minimum Gasteiger partial charge on any atom is -0.358 e. The lowest BCUT2D eigenvalue weighted by molar-refractivity contribution is -0.130. The molecule has 0 aliphatic carbocycles. The van der Waals surface area contributed by atoms with Gasteiger partial charge in [-0.05, 0) is 25.1 Å². The van der Waals surface area contributed by atoms with Gasteiger partial charge in [0.25, 0.3) is 0 Å². The Bertz CT molecular complexity index is 910. The Morgan fingerprint density at radius 1 is 1.08 bits per heavy atom. The van der Waals surface area contributed by atoms with Crippen molar-refractivity contribution in [3.63, 3.8) is 0 Å². The van der Waals surface area contributed by atoms with Gasteiger partial charge in [-0.25, -0.2) is 0 Å². The maximum Gasteiger partial charge on any atom is 0.219 e. The molecule has 3 aromatic rings. The van der Waals surface area contributed by atoms with Gasteiger partial charge < -0.3 is 9.88 Å². The highest BCUT2D eigenvalue weighted by molar-refractivity contribution is 5.85. The van der Waals surface area contributed by atoms with E-state index in [0.29, 0.717) is 0 Å². The second kappa shape index (κ2) is 6.92. The molecule has 4 rings (SSSR count). The van der Waals surface area contributed by atoms with Crippen LogP contribution in [-0.4, -0.2) is 51.9 Å². The predicted octanol–water partition coefficient (Wildman–Crippen LogP) is 3.12. The molecule has 134 valence electrons. The van der Waals surface area contributed by atoms with Gasteiger partial charge in [-0.2, -0.15) is 0 Å². The number of H-pyrrole nitrogens is 1. The number of pyridine rings is 1. The highest BCUT2D eigenvalue weighted by atomic mass is 16.2. The zero-order valence-electron chi connectivity index (χ0n) is 15.3. The number of piperazine rings is 1. The van der Waals surface area contributed by atoms with E-state index < -0.39 is 0 Å². The van der Waals surface area contributed by atoms with Crippen molar-refractivity contribution in [3.8, 4) is 0 Å². The number of para-hydroxylation sites is 1. The number of aromatic nitrogens is 2. The number of carbonyl (C=O) groups excluding carboxylic acids is 1. The van der Waals surface area contributed by atoms with Gasteiger partial charge in [-0.1, -0.05) is 24.3 Å². The van der Waals surface area contributed by atoms with Crippen LogP contribution in [0.2, 0.25) is 0 Å². The molecule has 0 saturated carbocycles. The molecule has 3 heterocycles. The van der Waals surface area contributed by atoms with Gasteiger partial charge in [0.15, 0.2) is 0 Å². The molecule has 1 atom stereocenters. The molecule has 5 nitrogen and oxygen atoms in total. The molecule has 2 aromatic heterocycles. The molecule has 0 bridgehead atoms. The van der Waals surface area contributed by atoms with Gasteiger partial charge in [0.2, 0.25) is 5.91 Å². The fourth-order valence-corrected chi connectivity index (χ4v) is 4.00. The lowest BCUT2D eigenvalue weighted by atomic mass is 9.97. The number of benzene rings is 1. The van der Waals surface area contributed by atoms with E-state index in [4.69, 9.17) is 0 Å². The van der Waals surface area contributed by atoms with Crippen molar-refractivity contribution in [3.05, 3.63) is 65.6 Å². The molecule has 1 aromatic carbocycles. The van der Waals surface area contributed by atoms with Crippen LogP contribution in [0, 0.1) is 6.92 Å². The van der Waals surface area contributed by atoms with Crippen molar-refractivity contribution in [1.82, 2.24) is 19.8 Å². The maximum absolute atomic E-state index is 11.7. The third-order valence-corrected chi connectivity index (χ3v) is 5.31. The third kappa shape index (κ3) is 2.99. The van der Waals surface area contributed by atoms with E-state index in [9.17, 15) is 4.79 Å². The summed E-state index contributed by atoms with van der Waals surface area (Å²) < 4.78 is 0. The lowest BCUT2D eigenvalue weighted by Gasteiger charge is -2.39. The Kier molecular flexibility index (Phi) is 4.47. The number of nitrogens with one attached hydrogen (secondary N) is 1. The molecular formula is C21H24N4O. The van der Waals surface area contributed by atoms with Crippen LogP contribution in [-0.2, 0) is 4.79 Å². The summed E-state index contributed by atoms with van der Waals surface area (Å²) >= 11 is 0. The van der Waals surface area contributed by atoms with Gasteiger partial charge >= 0.3 is 0 Å². The molecule has 26 heavy (non-hydrogen) atoms.